The second-order valence-electron chi connectivity index (χ2n) is 5.76. The molecule has 0 aliphatic carbocycles. The number of carbonyl (C=O) groups is 1. The van der Waals surface area contributed by atoms with Gasteiger partial charge in [0.1, 0.15) is 15.6 Å². The molecule has 0 aromatic carbocycles. The molecule has 2 rings (SSSR count). The molecule has 1 saturated heterocycles. The monoisotopic (exact) mass is 312 g/mol. The van der Waals surface area contributed by atoms with Crippen molar-refractivity contribution in [3.8, 4) is 5.75 Å². The summed E-state index contributed by atoms with van der Waals surface area (Å²) in [5.74, 6) is 0.0465. The van der Waals surface area contributed by atoms with Gasteiger partial charge in [-0.1, -0.05) is 0 Å². The third-order valence-electron chi connectivity index (χ3n) is 3.53. The summed E-state index contributed by atoms with van der Waals surface area (Å²) in [7, 11) is 2.12. The maximum atomic E-state index is 11.5. The molecule has 1 fully saturated rings. The number of anilines is 2. The molecule has 0 radical (unpaired) electrons. The van der Waals surface area contributed by atoms with E-state index in [4.69, 9.17) is 16.2 Å². The van der Waals surface area contributed by atoms with Gasteiger partial charge in [0.25, 0.3) is 5.91 Å². The molecular weight excluding hydrogens is 288 g/mol. The van der Waals surface area contributed by atoms with Crippen LogP contribution in [0.3, 0.4) is 0 Å². The van der Waals surface area contributed by atoms with Crippen LogP contribution in [0.2, 0.25) is 0 Å². The number of ether oxygens (including phenoxy) is 1. The number of likely N-dealkylation sites (tertiary alicyclic amines) is 1. The number of thiophene rings is 1. The maximum absolute atomic E-state index is 11.5. The Bertz CT molecular complexity index is 507. The zero-order valence-corrected chi connectivity index (χ0v) is 13.6. The molecule has 0 saturated carbocycles. The highest BCUT2D eigenvalue weighted by molar-refractivity contribution is 7.19. The molecule has 0 unspecified atom stereocenters. The Hall–Kier alpha value is -1.47. The fourth-order valence-electron chi connectivity index (χ4n) is 2.40. The highest BCUT2D eigenvalue weighted by atomic mass is 32.1. The molecule has 0 bridgehead atoms. The highest BCUT2D eigenvalue weighted by Crippen LogP contribution is 2.43. The summed E-state index contributed by atoms with van der Waals surface area (Å²) in [4.78, 5) is 14.1. The minimum absolute atomic E-state index is 0.0133. The summed E-state index contributed by atoms with van der Waals surface area (Å²) in [6.07, 6.45) is 2.10. The molecule has 1 amide bonds. The lowest BCUT2D eigenvalue weighted by Crippen LogP contribution is -2.36. The summed E-state index contributed by atoms with van der Waals surface area (Å²) in [5, 5.41) is 4.28. The van der Waals surface area contributed by atoms with Gasteiger partial charge in [0.05, 0.1) is 6.10 Å². The first-order chi connectivity index (χ1) is 9.88. The summed E-state index contributed by atoms with van der Waals surface area (Å²) in [5.41, 5.74) is 11.7. The fraction of sp³-hybridized carbons (Fsp3) is 0.643. The Balaban J connectivity index is 2.20. The molecule has 7 heteroatoms. The SMILES string of the molecule is CC(C)Oc1c(NC2CCN(C)CC2)sc(C(N)=O)c1N. The highest BCUT2D eigenvalue weighted by Gasteiger charge is 2.24. The molecule has 1 aliphatic rings. The zero-order chi connectivity index (χ0) is 15.6. The largest absolute Gasteiger partial charge is 0.486 e. The van der Waals surface area contributed by atoms with Crippen LogP contribution in [0, 0.1) is 0 Å². The summed E-state index contributed by atoms with van der Waals surface area (Å²) in [6, 6.07) is 0.370. The molecule has 6 nitrogen and oxygen atoms in total. The number of carbonyl (C=O) groups excluding carboxylic acids is 1. The third kappa shape index (κ3) is 3.79. The zero-order valence-electron chi connectivity index (χ0n) is 12.8. The van der Waals surface area contributed by atoms with Gasteiger partial charge in [-0.25, -0.2) is 0 Å². The molecule has 1 aromatic heterocycles. The number of nitrogens with two attached hydrogens (primary N) is 2. The van der Waals surface area contributed by atoms with E-state index in [-0.39, 0.29) is 6.10 Å². The van der Waals surface area contributed by atoms with E-state index >= 15 is 0 Å². The minimum atomic E-state index is -0.512. The van der Waals surface area contributed by atoms with Gasteiger partial charge < -0.3 is 26.4 Å². The first-order valence-corrected chi connectivity index (χ1v) is 8.04. The van der Waals surface area contributed by atoms with Crippen LogP contribution in [0.5, 0.6) is 5.75 Å². The molecule has 1 aliphatic heterocycles. The molecule has 5 N–H and O–H groups in total. The van der Waals surface area contributed by atoms with Gasteiger partial charge in [-0.2, -0.15) is 0 Å². The average Bonchev–Trinajstić information content (AvgIpc) is 2.70. The topological polar surface area (TPSA) is 93.6 Å². The standard InChI is InChI=1S/C14H24N4O2S/c1-8(2)20-11-10(15)12(13(16)19)21-14(11)17-9-4-6-18(3)7-5-9/h8-9,17H,4-7,15H2,1-3H3,(H2,16,19). The van der Waals surface area contributed by atoms with Gasteiger partial charge >= 0.3 is 0 Å². The fourth-order valence-corrected chi connectivity index (χ4v) is 3.38. The predicted octanol–water partition coefficient (Wildman–Crippen LogP) is 1.72. The number of primary amides is 1. The number of nitrogens with one attached hydrogen (secondary N) is 1. The Morgan fingerprint density at radius 1 is 1.43 bits per heavy atom. The van der Waals surface area contributed by atoms with Gasteiger partial charge in [0, 0.05) is 6.04 Å². The second kappa shape index (κ2) is 6.53. The number of nitrogens with zero attached hydrogens (tertiary/aromatic N) is 1. The quantitative estimate of drug-likeness (QED) is 0.770. The van der Waals surface area contributed by atoms with Crippen molar-refractivity contribution >= 4 is 27.9 Å². The van der Waals surface area contributed by atoms with Gasteiger partial charge in [0.15, 0.2) is 5.75 Å². The van der Waals surface area contributed by atoms with Crippen LogP contribution < -0.4 is 21.5 Å². The first-order valence-electron chi connectivity index (χ1n) is 7.22. The summed E-state index contributed by atoms with van der Waals surface area (Å²) in [6.45, 7) is 5.98. The number of piperidine rings is 1. The molecule has 1 aromatic rings. The van der Waals surface area contributed by atoms with Gasteiger partial charge in [-0.05, 0) is 46.8 Å². The number of hydrogen-bond acceptors (Lipinski definition) is 6. The van der Waals surface area contributed by atoms with E-state index in [1.807, 2.05) is 13.8 Å². The lowest BCUT2D eigenvalue weighted by Gasteiger charge is -2.30. The Kier molecular flexibility index (Phi) is 4.95. The van der Waals surface area contributed by atoms with Crippen molar-refractivity contribution in [2.24, 2.45) is 5.73 Å². The van der Waals surface area contributed by atoms with E-state index in [0.29, 0.717) is 22.4 Å². The number of amides is 1. The van der Waals surface area contributed by atoms with Crippen LogP contribution in [-0.4, -0.2) is 43.1 Å². The van der Waals surface area contributed by atoms with Crippen LogP contribution in [0.4, 0.5) is 10.7 Å². The Morgan fingerprint density at radius 3 is 2.57 bits per heavy atom. The van der Waals surface area contributed by atoms with Gasteiger partial charge in [0.2, 0.25) is 0 Å². The van der Waals surface area contributed by atoms with Crippen molar-refractivity contribution in [2.75, 3.05) is 31.2 Å². The minimum Gasteiger partial charge on any atom is -0.486 e. The van der Waals surface area contributed by atoms with Gasteiger partial charge in [-0.3, -0.25) is 4.79 Å². The van der Waals surface area contributed by atoms with Crippen molar-refractivity contribution in [3.05, 3.63) is 4.88 Å². The molecule has 21 heavy (non-hydrogen) atoms. The summed E-state index contributed by atoms with van der Waals surface area (Å²) >= 11 is 1.28. The number of rotatable bonds is 5. The van der Waals surface area contributed by atoms with E-state index < -0.39 is 5.91 Å². The van der Waals surface area contributed by atoms with Crippen molar-refractivity contribution in [1.29, 1.82) is 0 Å². The molecular formula is C14H24N4O2S. The van der Waals surface area contributed by atoms with Crippen LogP contribution in [0.25, 0.3) is 0 Å². The predicted molar refractivity (Wildman–Crippen MR) is 87.2 cm³/mol. The molecule has 118 valence electrons. The average molecular weight is 312 g/mol. The smallest absolute Gasteiger partial charge is 0.261 e. The van der Waals surface area contributed by atoms with E-state index in [9.17, 15) is 4.79 Å². The molecule has 0 spiro atoms. The van der Waals surface area contributed by atoms with Crippen LogP contribution in [0.15, 0.2) is 0 Å². The maximum Gasteiger partial charge on any atom is 0.261 e. The van der Waals surface area contributed by atoms with Crippen LogP contribution in [-0.2, 0) is 0 Å². The molecule has 2 heterocycles. The van der Waals surface area contributed by atoms with Crippen molar-refractivity contribution in [3.63, 3.8) is 0 Å². The Morgan fingerprint density at radius 2 is 2.05 bits per heavy atom. The molecule has 0 atom stereocenters. The number of hydrogen-bond donors (Lipinski definition) is 3. The van der Waals surface area contributed by atoms with E-state index in [1.54, 1.807) is 0 Å². The van der Waals surface area contributed by atoms with E-state index in [2.05, 4.69) is 17.3 Å². The Labute approximate surface area is 129 Å². The van der Waals surface area contributed by atoms with Crippen molar-refractivity contribution in [1.82, 2.24) is 4.90 Å². The summed E-state index contributed by atoms with van der Waals surface area (Å²) < 4.78 is 5.77. The van der Waals surface area contributed by atoms with Gasteiger partial charge in [-0.15, -0.1) is 11.3 Å². The van der Waals surface area contributed by atoms with Crippen molar-refractivity contribution in [2.45, 2.75) is 38.8 Å². The van der Waals surface area contributed by atoms with Crippen LogP contribution in [0.1, 0.15) is 36.4 Å². The van der Waals surface area contributed by atoms with Crippen LogP contribution >= 0.6 is 11.3 Å². The number of nitrogen functional groups attached to an aromatic ring is 1. The second-order valence-corrected chi connectivity index (χ2v) is 6.78. The van der Waals surface area contributed by atoms with Crippen molar-refractivity contribution < 1.29 is 9.53 Å². The third-order valence-corrected chi connectivity index (χ3v) is 4.66. The normalized spacial score (nSPS) is 17.1. The first kappa shape index (κ1) is 15.9. The lowest BCUT2D eigenvalue weighted by atomic mass is 10.1. The lowest BCUT2D eigenvalue weighted by molar-refractivity contribution is 0.100. The van der Waals surface area contributed by atoms with E-state index in [1.165, 1.54) is 11.3 Å². The van der Waals surface area contributed by atoms with E-state index in [0.717, 1.165) is 30.9 Å².